The molecule has 0 saturated heterocycles. The average Bonchev–Trinajstić information content (AvgIpc) is 2.39. The van der Waals surface area contributed by atoms with Gasteiger partial charge >= 0.3 is 0 Å². The van der Waals surface area contributed by atoms with E-state index in [4.69, 9.17) is 0 Å². The molecule has 1 saturated carbocycles. The van der Waals surface area contributed by atoms with Gasteiger partial charge in [-0.1, -0.05) is 35.2 Å². The number of benzene rings is 1. The Morgan fingerprint density at radius 1 is 1.24 bits per heavy atom. The first-order valence-electron chi connectivity index (χ1n) is 6.01. The van der Waals surface area contributed by atoms with Gasteiger partial charge in [-0.3, -0.25) is 9.59 Å². The van der Waals surface area contributed by atoms with Crippen LogP contribution in [0.2, 0.25) is 0 Å². The van der Waals surface area contributed by atoms with Crippen molar-refractivity contribution < 1.29 is 9.59 Å². The van der Waals surface area contributed by atoms with Crippen molar-refractivity contribution in [2.45, 2.75) is 32.1 Å². The summed E-state index contributed by atoms with van der Waals surface area (Å²) in [6, 6.07) is 5.29. The van der Waals surface area contributed by atoms with Crippen LogP contribution in [0, 0.1) is 5.92 Å². The summed E-state index contributed by atoms with van der Waals surface area (Å²) >= 11 is 3.31. The van der Waals surface area contributed by atoms with Crippen LogP contribution >= 0.6 is 15.9 Å². The average molecular weight is 295 g/mol. The smallest absolute Gasteiger partial charge is 0.166 e. The summed E-state index contributed by atoms with van der Waals surface area (Å²) in [5, 5.41) is 0. The second kappa shape index (κ2) is 5.58. The van der Waals surface area contributed by atoms with Gasteiger partial charge in [-0.25, -0.2) is 0 Å². The van der Waals surface area contributed by atoms with Crippen LogP contribution in [0.1, 0.15) is 52.8 Å². The zero-order valence-electron chi connectivity index (χ0n) is 9.62. The van der Waals surface area contributed by atoms with E-state index in [-0.39, 0.29) is 11.7 Å². The first-order chi connectivity index (χ1) is 8.22. The van der Waals surface area contributed by atoms with E-state index in [2.05, 4.69) is 15.9 Å². The SMILES string of the molecule is O=Cc1cc(Br)ccc1C(=O)C1CCCCC1. The Kier molecular flexibility index (Phi) is 4.11. The number of halogens is 1. The lowest BCUT2D eigenvalue weighted by Gasteiger charge is -2.20. The second-order valence-electron chi connectivity index (χ2n) is 4.55. The van der Waals surface area contributed by atoms with Gasteiger partial charge in [0.05, 0.1) is 0 Å². The van der Waals surface area contributed by atoms with Crippen LogP contribution in [0.3, 0.4) is 0 Å². The Balaban J connectivity index is 2.26. The lowest BCUT2D eigenvalue weighted by molar-refractivity contribution is 0.0885. The molecule has 3 heteroatoms. The second-order valence-corrected chi connectivity index (χ2v) is 5.46. The number of ketones is 1. The number of hydrogen-bond acceptors (Lipinski definition) is 2. The molecule has 90 valence electrons. The molecule has 0 radical (unpaired) electrons. The lowest BCUT2D eigenvalue weighted by Crippen LogP contribution is -2.19. The molecule has 2 nitrogen and oxygen atoms in total. The molecule has 17 heavy (non-hydrogen) atoms. The number of hydrogen-bond donors (Lipinski definition) is 0. The molecule has 0 atom stereocenters. The third kappa shape index (κ3) is 2.83. The Morgan fingerprint density at radius 3 is 2.59 bits per heavy atom. The zero-order chi connectivity index (χ0) is 12.3. The van der Waals surface area contributed by atoms with Gasteiger partial charge in [0.15, 0.2) is 12.1 Å². The molecular weight excluding hydrogens is 280 g/mol. The van der Waals surface area contributed by atoms with E-state index >= 15 is 0 Å². The summed E-state index contributed by atoms with van der Waals surface area (Å²) in [5.74, 6) is 0.253. The van der Waals surface area contributed by atoms with Crippen molar-refractivity contribution in [3.05, 3.63) is 33.8 Å². The molecule has 0 aromatic heterocycles. The fourth-order valence-corrected chi connectivity index (χ4v) is 2.82. The Bertz CT molecular complexity index is 434. The number of carbonyl (C=O) groups excluding carboxylic acids is 2. The van der Waals surface area contributed by atoms with Gasteiger partial charge in [-0.2, -0.15) is 0 Å². The van der Waals surface area contributed by atoms with Crippen LogP contribution in [0.5, 0.6) is 0 Å². The Labute approximate surface area is 110 Å². The van der Waals surface area contributed by atoms with Crippen LogP contribution in [0.15, 0.2) is 22.7 Å². The molecular formula is C14H15BrO2. The fraction of sp³-hybridized carbons (Fsp3) is 0.429. The molecule has 1 aliphatic rings. The molecule has 0 heterocycles. The topological polar surface area (TPSA) is 34.1 Å². The van der Waals surface area contributed by atoms with Crippen LogP contribution in [0.4, 0.5) is 0 Å². The first kappa shape index (κ1) is 12.5. The van der Waals surface area contributed by atoms with E-state index in [1.54, 1.807) is 12.1 Å². The molecule has 0 aliphatic heterocycles. The summed E-state index contributed by atoms with van der Waals surface area (Å²) in [4.78, 5) is 23.3. The van der Waals surface area contributed by atoms with Crippen molar-refractivity contribution in [1.29, 1.82) is 0 Å². The zero-order valence-corrected chi connectivity index (χ0v) is 11.2. The molecule has 0 amide bonds. The van der Waals surface area contributed by atoms with Gasteiger partial charge in [0, 0.05) is 21.5 Å². The maximum atomic E-state index is 12.3. The van der Waals surface area contributed by atoms with Crippen molar-refractivity contribution in [2.24, 2.45) is 5.92 Å². The lowest BCUT2D eigenvalue weighted by atomic mass is 9.83. The monoisotopic (exact) mass is 294 g/mol. The molecule has 0 spiro atoms. The predicted molar refractivity (Wildman–Crippen MR) is 70.4 cm³/mol. The van der Waals surface area contributed by atoms with Crippen molar-refractivity contribution in [3.8, 4) is 0 Å². The summed E-state index contributed by atoms with van der Waals surface area (Å²) in [7, 11) is 0. The molecule has 1 aliphatic carbocycles. The molecule has 0 bridgehead atoms. The predicted octanol–water partition coefficient (Wildman–Crippen LogP) is 4.02. The number of rotatable bonds is 3. The van der Waals surface area contributed by atoms with Gasteiger partial charge in [0.2, 0.25) is 0 Å². The minimum absolute atomic E-state index is 0.114. The number of aldehydes is 1. The van der Waals surface area contributed by atoms with E-state index < -0.39 is 0 Å². The van der Waals surface area contributed by atoms with Gasteiger partial charge in [-0.05, 0) is 31.0 Å². The van der Waals surface area contributed by atoms with Crippen LogP contribution in [-0.4, -0.2) is 12.1 Å². The van der Waals surface area contributed by atoms with Crippen molar-refractivity contribution in [2.75, 3.05) is 0 Å². The first-order valence-corrected chi connectivity index (χ1v) is 6.80. The molecule has 2 rings (SSSR count). The Hall–Kier alpha value is -0.960. The highest BCUT2D eigenvalue weighted by Crippen LogP contribution is 2.28. The maximum absolute atomic E-state index is 12.3. The van der Waals surface area contributed by atoms with Crippen LogP contribution in [-0.2, 0) is 0 Å². The summed E-state index contributed by atoms with van der Waals surface area (Å²) in [5.41, 5.74) is 1.07. The van der Waals surface area contributed by atoms with Crippen molar-refractivity contribution in [3.63, 3.8) is 0 Å². The van der Waals surface area contributed by atoms with Crippen LogP contribution < -0.4 is 0 Å². The highest BCUT2D eigenvalue weighted by molar-refractivity contribution is 9.10. The van der Waals surface area contributed by atoms with Gasteiger partial charge in [-0.15, -0.1) is 0 Å². The molecule has 0 N–H and O–H groups in total. The highest BCUT2D eigenvalue weighted by atomic mass is 79.9. The summed E-state index contributed by atoms with van der Waals surface area (Å²) < 4.78 is 0.833. The number of Topliss-reactive ketones (excluding diaryl/α,β-unsaturated/α-hetero) is 1. The number of carbonyl (C=O) groups is 2. The summed E-state index contributed by atoms with van der Waals surface area (Å²) in [6.45, 7) is 0. The highest BCUT2D eigenvalue weighted by Gasteiger charge is 2.24. The van der Waals surface area contributed by atoms with Gasteiger partial charge < -0.3 is 0 Å². The summed E-state index contributed by atoms with van der Waals surface area (Å²) in [6.07, 6.45) is 6.18. The molecule has 1 aromatic rings. The normalized spacial score (nSPS) is 16.8. The van der Waals surface area contributed by atoms with E-state index in [0.717, 1.165) is 36.4 Å². The molecule has 1 fully saturated rings. The standard InChI is InChI=1S/C14H15BrO2/c15-12-6-7-13(11(8-12)9-16)14(17)10-4-2-1-3-5-10/h6-10H,1-5H2. The van der Waals surface area contributed by atoms with E-state index in [0.29, 0.717) is 11.1 Å². The largest absolute Gasteiger partial charge is 0.298 e. The Morgan fingerprint density at radius 2 is 1.94 bits per heavy atom. The minimum Gasteiger partial charge on any atom is -0.298 e. The van der Waals surface area contributed by atoms with Crippen LogP contribution in [0.25, 0.3) is 0 Å². The van der Waals surface area contributed by atoms with E-state index in [1.165, 1.54) is 6.42 Å². The van der Waals surface area contributed by atoms with E-state index in [1.807, 2.05) is 6.07 Å². The molecule has 0 unspecified atom stereocenters. The third-order valence-corrected chi connectivity index (χ3v) is 3.88. The van der Waals surface area contributed by atoms with Gasteiger partial charge in [0.1, 0.15) is 0 Å². The minimum atomic E-state index is 0.114. The van der Waals surface area contributed by atoms with E-state index in [9.17, 15) is 9.59 Å². The van der Waals surface area contributed by atoms with Gasteiger partial charge in [0.25, 0.3) is 0 Å². The third-order valence-electron chi connectivity index (χ3n) is 3.38. The van der Waals surface area contributed by atoms with Crippen molar-refractivity contribution >= 4 is 28.0 Å². The molecule has 1 aromatic carbocycles. The fourth-order valence-electron chi connectivity index (χ4n) is 2.44. The quantitative estimate of drug-likeness (QED) is 0.623. The maximum Gasteiger partial charge on any atom is 0.166 e. The van der Waals surface area contributed by atoms with Crippen molar-refractivity contribution in [1.82, 2.24) is 0 Å².